The lowest BCUT2D eigenvalue weighted by atomic mass is 10.1. The Bertz CT molecular complexity index is 675. The molecule has 0 saturated carbocycles. The number of alkyl halides is 3. The van der Waals surface area contributed by atoms with Gasteiger partial charge in [-0.05, 0) is 24.6 Å². The first kappa shape index (κ1) is 21.7. The average Bonchev–Trinajstić information content (AvgIpc) is 2.93. The van der Waals surface area contributed by atoms with Crippen LogP contribution in [0.5, 0.6) is 0 Å². The number of likely N-dealkylation sites (N-methyl/N-ethyl adjacent to an activating group) is 1. The number of benzene rings is 1. The quantitative estimate of drug-likeness (QED) is 0.769. The van der Waals surface area contributed by atoms with Gasteiger partial charge in [0.25, 0.3) is 0 Å². The number of carboxylic acid groups (broad SMARTS) is 2. The molecule has 0 heterocycles. The third-order valence-corrected chi connectivity index (χ3v) is 3.95. The Hall–Kier alpha value is -2.39. The molecule has 6 nitrogen and oxygen atoms in total. The summed E-state index contributed by atoms with van der Waals surface area (Å²) in [5.74, 6) is -3.70. The van der Waals surface area contributed by atoms with Crippen molar-refractivity contribution in [1.29, 1.82) is 0 Å². The highest BCUT2D eigenvalue weighted by Gasteiger charge is 2.38. The normalized spacial score (nSPS) is 18.7. The van der Waals surface area contributed by atoms with E-state index in [1.807, 2.05) is 24.1 Å². The van der Waals surface area contributed by atoms with Gasteiger partial charge in [-0.1, -0.05) is 30.8 Å². The summed E-state index contributed by atoms with van der Waals surface area (Å²) in [5, 5.41) is 16.0. The fourth-order valence-electron chi connectivity index (χ4n) is 2.69. The highest BCUT2D eigenvalue weighted by atomic mass is 19.4. The second-order valence-electron chi connectivity index (χ2n) is 5.75. The fourth-order valence-corrected chi connectivity index (χ4v) is 2.69. The molecular formula is C17H20F3NO5. The molecule has 2 atom stereocenters. The van der Waals surface area contributed by atoms with Crippen molar-refractivity contribution in [3.8, 4) is 0 Å². The molecule has 2 rings (SSSR count). The molecule has 0 radical (unpaired) electrons. The Labute approximate surface area is 148 Å². The first-order valence-electron chi connectivity index (χ1n) is 7.51. The predicted molar refractivity (Wildman–Crippen MR) is 86.8 cm³/mol. The first-order chi connectivity index (χ1) is 12.0. The van der Waals surface area contributed by atoms with Crippen molar-refractivity contribution in [1.82, 2.24) is 4.90 Å². The number of carboxylic acids is 2. The van der Waals surface area contributed by atoms with Crippen LogP contribution in [0.15, 0.2) is 36.4 Å². The monoisotopic (exact) mass is 375 g/mol. The van der Waals surface area contributed by atoms with E-state index >= 15 is 0 Å². The second-order valence-corrected chi connectivity index (χ2v) is 5.75. The van der Waals surface area contributed by atoms with E-state index in [4.69, 9.17) is 19.7 Å². The number of ether oxygens (including phenoxy) is 1. The van der Waals surface area contributed by atoms with Crippen LogP contribution >= 0.6 is 0 Å². The van der Waals surface area contributed by atoms with Crippen LogP contribution in [0, 0.1) is 0 Å². The Kier molecular flexibility index (Phi) is 7.34. The van der Waals surface area contributed by atoms with Crippen LogP contribution in [0.4, 0.5) is 13.2 Å². The van der Waals surface area contributed by atoms with Gasteiger partial charge in [-0.2, -0.15) is 13.2 Å². The van der Waals surface area contributed by atoms with Crippen LogP contribution in [0.1, 0.15) is 17.2 Å². The number of hydrogen-bond acceptors (Lipinski definition) is 4. The van der Waals surface area contributed by atoms with E-state index in [1.54, 1.807) is 7.11 Å². The second kappa shape index (κ2) is 8.81. The summed E-state index contributed by atoms with van der Waals surface area (Å²) >= 11 is 0. The van der Waals surface area contributed by atoms with Crippen LogP contribution in [0.25, 0.3) is 0 Å². The summed E-state index contributed by atoms with van der Waals surface area (Å²) in [6, 6.07) is 8.34. The predicted octanol–water partition coefficient (Wildman–Crippen LogP) is 2.50. The van der Waals surface area contributed by atoms with Gasteiger partial charge in [0, 0.05) is 25.3 Å². The van der Waals surface area contributed by atoms with Crippen molar-refractivity contribution in [2.24, 2.45) is 0 Å². The maximum absolute atomic E-state index is 10.9. The Morgan fingerprint density at radius 2 is 1.85 bits per heavy atom. The summed E-state index contributed by atoms with van der Waals surface area (Å²) in [6.07, 6.45) is -4.22. The molecule has 0 saturated heterocycles. The molecule has 0 bridgehead atoms. The maximum Gasteiger partial charge on any atom is 0.490 e. The molecule has 0 amide bonds. The molecule has 1 aromatic rings. The van der Waals surface area contributed by atoms with Crippen LogP contribution < -0.4 is 0 Å². The SMILES string of the molecule is C=C(CN(C)[C@@H]1Cc2ccccc2[C@@H]1OC)C(=O)O.O=C(O)C(F)(F)F. The molecule has 0 aromatic heterocycles. The number of hydrogen-bond donors (Lipinski definition) is 2. The molecule has 0 fully saturated rings. The Morgan fingerprint density at radius 3 is 2.31 bits per heavy atom. The molecule has 0 unspecified atom stereocenters. The number of methoxy groups -OCH3 is 1. The number of carbonyl (C=O) groups is 2. The molecule has 0 spiro atoms. The van der Waals surface area contributed by atoms with E-state index in [0.29, 0.717) is 6.54 Å². The molecule has 0 aliphatic heterocycles. The topological polar surface area (TPSA) is 87.1 Å². The number of rotatable bonds is 5. The van der Waals surface area contributed by atoms with Crippen LogP contribution in [-0.2, 0) is 20.7 Å². The lowest BCUT2D eigenvalue weighted by molar-refractivity contribution is -0.192. The number of halogens is 3. The standard InChI is InChI=1S/C15H19NO3.C2HF3O2/c1-10(15(17)18)9-16(2)13-8-11-6-4-5-7-12(11)14(13)19-3;3-2(4,5)1(6)7/h4-7,13-14H,1,8-9H2,2-3H3,(H,17,18);(H,6,7)/t13-,14+;/m1./s1. The highest BCUT2D eigenvalue weighted by molar-refractivity contribution is 5.86. The average molecular weight is 375 g/mol. The van der Waals surface area contributed by atoms with E-state index in [2.05, 4.69) is 18.7 Å². The van der Waals surface area contributed by atoms with Crippen molar-refractivity contribution in [3.05, 3.63) is 47.5 Å². The van der Waals surface area contributed by atoms with Crippen LogP contribution in [0.2, 0.25) is 0 Å². The van der Waals surface area contributed by atoms with Crippen molar-refractivity contribution in [2.75, 3.05) is 20.7 Å². The summed E-state index contributed by atoms with van der Waals surface area (Å²) in [7, 11) is 3.61. The summed E-state index contributed by atoms with van der Waals surface area (Å²) in [4.78, 5) is 21.8. The van der Waals surface area contributed by atoms with E-state index in [-0.39, 0.29) is 17.7 Å². The zero-order valence-corrected chi connectivity index (χ0v) is 14.3. The lowest BCUT2D eigenvalue weighted by Gasteiger charge is -2.29. The number of fused-ring (bicyclic) bond motifs is 1. The van der Waals surface area contributed by atoms with E-state index in [9.17, 15) is 18.0 Å². The van der Waals surface area contributed by atoms with Crippen molar-refractivity contribution in [2.45, 2.75) is 24.7 Å². The Morgan fingerprint density at radius 1 is 1.31 bits per heavy atom. The van der Waals surface area contributed by atoms with Crippen molar-refractivity contribution >= 4 is 11.9 Å². The number of aliphatic carboxylic acids is 2. The minimum Gasteiger partial charge on any atom is -0.478 e. The molecule has 144 valence electrons. The van der Waals surface area contributed by atoms with Gasteiger partial charge in [-0.25, -0.2) is 9.59 Å². The largest absolute Gasteiger partial charge is 0.490 e. The van der Waals surface area contributed by atoms with Crippen molar-refractivity contribution in [3.63, 3.8) is 0 Å². The van der Waals surface area contributed by atoms with E-state index in [0.717, 1.165) is 6.42 Å². The van der Waals surface area contributed by atoms with Gasteiger partial charge in [0.15, 0.2) is 0 Å². The Balaban J connectivity index is 0.000000412. The lowest BCUT2D eigenvalue weighted by Crippen LogP contribution is -2.37. The van der Waals surface area contributed by atoms with Crippen LogP contribution in [-0.4, -0.2) is 60.0 Å². The van der Waals surface area contributed by atoms with Gasteiger partial charge in [-0.3, -0.25) is 4.90 Å². The van der Waals surface area contributed by atoms with Gasteiger partial charge in [-0.15, -0.1) is 0 Å². The minimum atomic E-state index is -5.08. The van der Waals surface area contributed by atoms with Gasteiger partial charge in [0.1, 0.15) is 0 Å². The molecule has 9 heteroatoms. The minimum absolute atomic E-state index is 0.0113. The zero-order chi connectivity index (χ0) is 20.1. The summed E-state index contributed by atoms with van der Waals surface area (Å²) in [5.41, 5.74) is 2.67. The van der Waals surface area contributed by atoms with Gasteiger partial charge >= 0.3 is 18.1 Å². The van der Waals surface area contributed by atoms with Gasteiger partial charge < -0.3 is 14.9 Å². The van der Waals surface area contributed by atoms with Crippen molar-refractivity contribution < 1.29 is 37.7 Å². The summed E-state index contributed by atoms with van der Waals surface area (Å²) in [6.45, 7) is 3.92. The molecular weight excluding hydrogens is 355 g/mol. The molecule has 26 heavy (non-hydrogen) atoms. The van der Waals surface area contributed by atoms with Gasteiger partial charge in [0.2, 0.25) is 0 Å². The summed E-state index contributed by atoms with van der Waals surface area (Å²) < 4.78 is 37.3. The highest BCUT2D eigenvalue weighted by Crippen LogP contribution is 2.36. The van der Waals surface area contributed by atoms with Gasteiger partial charge in [0.05, 0.1) is 6.10 Å². The third kappa shape index (κ3) is 5.57. The molecule has 2 N–H and O–H groups in total. The fraction of sp³-hybridized carbons (Fsp3) is 0.412. The third-order valence-electron chi connectivity index (χ3n) is 3.95. The molecule has 1 aliphatic rings. The number of nitrogens with zero attached hydrogens (tertiary/aromatic N) is 1. The van der Waals surface area contributed by atoms with Crippen LogP contribution in [0.3, 0.4) is 0 Å². The smallest absolute Gasteiger partial charge is 0.478 e. The first-order valence-corrected chi connectivity index (χ1v) is 7.51. The molecule has 1 aliphatic carbocycles. The molecule has 1 aromatic carbocycles. The maximum atomic E-state index is 10.9. The van der Waals surface area contributed by atoms with E-state index < -0.39 is 18.1 Å². The zero-order valence-electron chi connectivity index (χ0n) is 14.3. The van der Waals surface area contributed by atoms with E-state index in [1.165, 1.54) is 11.1 Å².